The maximum atomic E-state index is 12.5. The van der Waals surface area contributed by atoms with Gasteiger partial charge in [0, 0.05) is 12.1 Å². The largest absolute Gasteiger partial charge is 0.263 e. The summed E-state index contributed by atoms with van der Waals surface area (Å²) in [6, 6.07) is 7.01. The van der Waals surface area contributed by atoms with E-state index in [2.05, 4.69) is 30.6 Å². The van der Waals surface area contributed by atoms with E-state index < -0.39 is 10.0 Å². The number of anilines is 1. The Hall–Kier alpha value is -1.82. The second kappa shape index (κ2) is 5.76. The van der Waals surface area contributed by atoms with Gasteiger partial charge in [0.1, 0.15) is 5.82 Å². The first kappa shape index (κ1) is 16.5. The number of hydrogen-bond acceptors (Lipinski definition) is 3. The van der Waals surface area contributed by atoms with Crippen molar-refractivity contribution in [3.8, 4) is 0 Å². The van der Waals surface area contributed by atoms with Crippen molar-refractivity contribution in [2.24, 2.45) is 0 Å². The van der Waals surface area contributed by atoms with Gasteiger partial charge >= 0.3 is 0 Å². The van der Waals surface area contributed by atoms with Gasteiger partial charge in [-0.1, -0.05) is 32.9 Å². The molecule has 0 aliphatic heterocycles. The Balaban J connectivity index is 2.33. The van der Waals surface area contributed by atoms with Crippen molar-refractivity contribution < 1.29 is 8.42 Å². The van der Waals surface area contributed by atoms with Gasteiger partial charge in [-0.25, -0.2) is 13.1 Å². The Kier molecular flexibility index (Phi) is 4.33. The second-order valence-corrected chi connectivity index (χ2v) is 8.05. The van der Waals surface area contributed by atoms with Crippen LogP contribution < -0.4 is 4.72 Å². The Morgan fingerprint density at radius 1 is 1.18 bits per heavy atom. The Morgan fingerprint density at radius 2 is 1.77 bits per heavy atom. The van der Waals surface area contributed by atoms with Crippen LogP contribution in [0.5, 0.6) is 0 Å². The Bertz CT molecular complexity index is 754. The smallest absolute Gasteiger partial charge is 0.263 e. The van der Waals surface area contributed by atoms with Crippen LogP contribution in [0.25, 0.3) is 0 Å². The van der Waals surface area contributed by atoms with Crippen molar-refractivity contribution >= 4 is 15.8 Å². The van der Waals surface area contributed by atoms with Gasteiger partial charge in [0.25, 0.3) is 10.0 Å². The molecule has 5 nitrogen and oxygen atoms in total. The highest BCUT2D eigenvalue weighted by molar-refractivity contribution is 7.92. The normalized spacial score (nSPS) is 12.4. The minimum Gasteiger partial charge on any atom is -0.263 e. The molecular formula is C16H23N3O2S. The van der Waals surface area contributed by atoms with E-state index in [1.54, 1.807) is 23.0 Å². The highest BCUT2D eigenvalue weighted by atomic mass is 32.2. The summed E-state index contributed by atoms with van der Waals surface area (Å²) in [6.07, 6.45) is 1.66. The zero-order chi connectivity index (χ0) is 16.5. The molecule has 1 aromatic heterocycles. The predicted molar refractivity (Wildman–Crippen MR) is 88.6 cm³/mol. The van der Waals surface area contributed by atoms with Crippen LogP contribution in [0.3, 0.4) is 0 Å². The van der Waals surface area contributed by atoms with Crippen molar-refractivity contribution in [3.05, 3.63) is 41.6 Å². The van der Waals surface area contributed by atoms with Crippen LogP contribution in [-0.2, 0) is 22.0 Å². The lowest BCUT2D eigenvalue weighted by atomic mass is 9.87. The molecule has 0 aliphatic rings. The van der Waals surface area contributed by atoms with E-state index in [0.29, 0.717) is 12.4 Å². The lowest BCUT2D eigenvalue weighted by Crippen LogP contribution is -2.17. The molecule has 0 amide bonds. The minimum atomic E-state index is -3.61. The van der Waals surface area contributed by atoms with Crippen LogP contribution in [0.1, 0.15) is 38.8 Å². The first-order chi connectivity index (χ1) is 10.1. The van der Waals surface area contributed by atoms with Crippen molar-refractivity contribution in [2.45, 2.75) is 51.5 Å². The Labute approximate surface area is 132 Å². The molecule has 2 rings (SSSR count). The minimum absolute atomic E-state index is 0.00681. The third-order valence-corrected chi connectivity index (χ3v) is 4.94. The number of benzene rings is 1. The van der Waals surface area contributed by atoms with Gasteiger partial charge in [-0.15, -0.1) is 0 Å². The summed E-state index contributed by atoms with van der Waals surface area (Å²) >= 11 is 0. The quantitative estimate of drug-likeness (QED) is 0.939. The number of sulfonamides is 1. The molecular weight excluding hydrogens is 298 g/mol. The topological polar surface area (TPSA) is 64.0 Å². The van der Waals surface area contributed by atoms with Crippen LogP contribution in [0.15, 0.2) is 35.4 Å². The van der Waals surface area contributed by atoms with Crippen LogP contribution >= 0.6 is 0 Å². The van der Waals surface area contributed by atoms with Crippen molar-refractivity contribution in [1.82, 2.24) is 9.78 Å². The molecule has 1 N–H and O–H groups in total. The highest BCUT2D eigenvalue weighted by Crippen LogP contribution is 2.25. The predicted octanol–water partition coefficient (Wildman–Crippen LogP) is 3.31. The summed E-state index contributed by atoms with van der Waals surface area (Å²) in [5, 5.41) is 4.15. The Morgan fingerprint density at radius 3 is 2.27 bits per heavy atom. The molecule has 0 atom stereocenters. The van der Waals surface area contributed by atoms with Gasteiger partial charge in [0.2, 0.25) is 0 Å². The van der Waals surface area contributed by atoms with E-state index in [4.69, 9.17) is 0 Å². The first-order valence-corrected chi connectivity index (χ1v) is 8.79. The van der Waals surface area contributed by atoms with Crippen molar-refractivity contribution in [3.63, 3.8) is 0 Å². The van der Waals surface area contributed by atoms with Gasteiger partial charge in [-0.3, -0.25) is 4.72 Å². The number of nitrogens with zero attached hydrogens (tertiary/aromatic N) is 2. The monoisotopic (exact) mass is 321 g/mol. The number of hydrogen-bond donors (Lipinski definition) is 1. The average Bonchev–Trinajstić information content (AvgIpc) is 2.78. The third kappa shape index (κ3) is 3.32. The van der Waals surface area contributed by atoms with E-state index in [0.717, 1.165) is 11.1 Å². The van der Waals surface area contributed by atoms with Gasteiger partial charge in [-0.05, 0) is 37.0 Å². The fourth-order valence-electron chi connectivity index (χ4n) is 2.17. The van der Waals surface area contributed by atoms with Crippen LogP contribution in [0, 0.1) is 6.92 Å². The number of aryl methyl sites for hydroxylation is 2. The highest BCUT2D eigenvalue weighted by Gasteiger charge is 2.20. The molecule has 0 unspecified atom stereocenters. The van der Waals surface area contributed by atoms with Gasteiger partial charge in [-0.2, -0.15) is 5.10 Å². The fraction of sp³-hybridized carbons (Fsp3) is 0.438. The van der Waals surface area contributed by atoms with Crippen molar-refractivity contribution in [2.75, 3.05) is 4.72 Å². The summed E-state index contributed by atoms with van der Waals surface area (Å²) in [6.45, 7) is 10.6. The zero-order valence-corrected chi connectivity index (χ0v) is 14.5. The molecule has 0 bridgehead atoms. The van der Waals surface area contributed by atoms with Crippen LogP contribution in [-0.4, -0.2) is 18.2 Å². The van der Waals surface area contributed by atoms with Gasteiger partial charge < -0.3 is 0 Å². The van der Waals surface area contributed by atoms with Crippen LogP contribution in [0.4, 0.5) is 5.82 Å². The zero-order valence-electron chi connectivity index (χ0n) is 13.7. The molecule has 0 spiro atoms. The molecule has 6 heteroatoms. The lowest BCUT2D eigenvalue weighted by molar-refractivity contribution is 0.587. The third-order valence-electron chi connectivity index (χ3n) is 3.58. The number of aromatic nitrogens is 2. The fourth-order valence-corrected chi connectivity index (χ4v) is 3.31. The maximum Gasteiger partial charge on any atom is 0.263 e. The molecule has 0 aliphatic carbocycles. The van der Waals surface area contributed by atoms with E-state index in [1.807, 2.05) is 26.0 Å². The van der Waals surface area contributed by atoms with E-state index in [9.17, 15) is 8.42 Å². The van der Waals surface area contributed by atoms with E-state index in [1.165, 1.54) is 0 Å². The molecule has 2 aromatic rings. The molecule has 1 aromatic carbocycles. The van der Waals surface area contributed by atoms with E-state index >= 15 is 0 Å². The second-order valence-electron chi connectivity index (χ2n) is 6.37. The summed E-state index contributed by atoms with van der Waals surface area (Å²) in [7, 11) is -3.61. The summed E-state index contributed by atoms with van der Waals surface area (Å²) < 4.78 is 29.3. The molecule has 1 heterocycles. The number of rotatable bonds is 4. The molecule has 0 saturated heterocycles. The maximum absolute atomic E-state index is 12.5. The van der Waals surface area contributed by atoms with Crippen LogP contribution in [0.2, 0.25) is 0 Å². The molecule has 120 valence electrons. The molecule has 0 radical (unpaired) electrons. The summed E-state index contributed by atoms with van der Waals surface area (Å²) in [5.74, 6) is 0.516. The summed E-state index contributed by atoms with van der Waals surface area (Å²) in [5.41, 5.74) is 1.89. The van der Waals surface area contributed by atoms with E-state index in [-0.39, 0.29) is 10.3 Å². The molecule has 0 fully saturated rings. The molecule has 22 heavy (non-hydrogen) atoms. The first-order valence-electron chi connectivity index (χ1n) is 7.31. The average molecular weight is 321 g/mol. The SMILES string of the molecule is CCn1ncc(C)c1NS(=O)(=O)c1ccc(C(C)(C)C)cc1. The standard InChI is InChI=1S/C16H23N3O2S/c1-6-19-15(12(2)11-17-19)18-22(20,21)14-9-7-13(8-10-14)16(3,4)5/h7-11,18H,6H2,1-5H3. The number of nitrogens with one attached hydrogen (secondary N) is 1. The van der Waals surface area contributed by atoms with Crippen molar-refractivity contribution in [1.29, 1.82) is 0 Å². The molecule has 0 saturated carbocycles. The van der Waals surface area contributed by atoms with Gasteiger partial charge in [0.05, 0.1) is 11.1 Å². The summed E-state index contributed by atoms with van der Waals surface area (Å²) in [4.78, 5) is 0.253. The van der Waals surface area contributed by atoms with Gasteiger partial charge in [0.15, 0.2) is 0 Å². The lowest BCUT2D eigenvalue weighted by Gasteiger charge is -2.19.